The second kappa shape index (κ2) is 9.60. The van der Waals surface area contributed by atoms with Gasteiger partial charge in [-0.3, -0.25) is 0 Å². The molecular formula is C17H26O6S. The monoisotopic (exact) mass is 358 g/mol. The summed E-state index contributed by atoms with van der Waals surface area (Å²) in [5.74, 6) is 1.61. The molecule has 136 valence electrons. The quantitative estimate of drug-likeness (QED) is 0.504. The SMILES string of the molecule is COc1ccc(CCCCSC2OC(CO)C(O)C(O)C2O)cc1. The molecule has 1 saturated heterocycles. The molecule has 24 heavy (non-hydrogen) atoms. The molecule has 0 saturated carbocycles. The molecular weight excluding hydrogens is 332 g/mol. The van der Waals surface area contributed by atoms with Crippen molar-refractivity contribution in [3.05, 3.63) is 29.8 Å². The van der Waals surface area contributed by atoms with Gasteiger partial charge in [0.25, 0.3) is 0 Å². The van der Waals surface area contributed by atoms with Crippen LogP contribution in [-0.4, -0.2) is 69.7 Å². The molecule has 1 aliphatic rings. The third-order valence-corrected chi connectivity index (χ3v) is 5.39. The van der Waals surface area contributed by atoms with Gasteiger partial charge >= 0.3 is 0 Å². The van der Waals surface area contributed by atoms with Gasteiger partial charge in [-0.25, -0.2) is 0 Å². The lowest BCUT2D eigenvalue weighted by Gasteiger charge is -2.39. The maximum absolute atomic E-state index is 9.96. The van der Waals surface area contributed by atoms with Crippen LogP contribution in [0.2, 0.25) is 0 Å². The Bertz CT molecular complexity index is 480. The molecule has 1 aromatic rings. The second-order valence-electron chi connectivity index (χ2n) is 5.87. The van der Waals surface area contributed by atoms with Gasteiger partial charge in [0.05, 0.1) is 13.7 Å². The first-order chi connectivity index (χ1) is 11.6. The summed E-state index contributed by atoms with van der Waals surface area (Å²) in [7, 11) is 1.64. The van der Waals surface area contributed by atoms with E-state index in [1.165, 1.54) is 17.3 Å². The zero-order chi connectivity index (χ0) is 17.5. The molecule has 2 rings (SSSR count). The highest BCUT2D eigenvalue weighted by Gasteiger charge is 2.43. The minimum Gasteiger partial charge on any atom is -0.497 e. The molecule has 1 heterocycles. The number of rotatable bonds is 8. The Morgan fingerprint density at radius 1 is 1.04 bits per heavy atom. The number of methoxy groups -OCH3 is 1. The molecule has 0 radical (unpaired) electrons. The minimum absolute atomic E-state index is 0.389. The summed E-state index contributed by atoms with van der Waals surface area (Å²) >= 11 is 1.40. The highest BCUT2D eigenvalue weighted by Crippen LogP contribution is 2.29. The average molecular weight is 358 g/mol. The summed E-state index contributed by atoms with van der Waals surface area (Å²) in [5.41, 5.74) is 0.607. The van der Waals surface area contributed by atoms with Gasteiger partial charge in [0.2, 0.25) is 0 Å². The number of thioether (sulfide) groups is 1. The second-order valence-corrected chi connectivity index (χ2v) is 7.08. The van der Waals surface area contributed by atoms with Gasteiger partial charge in [-0.05, 0) is 42.7 Å². The average Bonchev–Trinajstić information content (AvgIpc) is 2.61. The Labute approximate surface area is 146 Å². The van der Waals surface area contributed by atoms with Gasteiger partial charge in [0, 0.05) is 0 Å². The van der Waals surface area contributed by atoms with Gasteiger partial charge in [-0.2, -0.15) is 0 Å². The Morgan fingerprint density at radius 3 is 2.38 bits per heavy atom. The molecule has 1 aromatic carbocycles. The van der Waals surface area contributed by atoms with Crippen molar-refractivity contribution in [2.24, 2.45) is 0 Å². The number of unbranched alkanes of at least 4 members (excludes halogenated alkanes) is 1. The van der Waals surface area contributed by atoms with E-state index in [2.05, 4.69) is 0 Å². The van der Waals surface area contributed by atoms with Crippen LogP contribution in [0, 0.1) is 0 Å². The summed E-state index contributed by atoms with van der Waals surface area (Å²) in [5, 5.41) is 38.6. The molecule has 0 aromatic heterocycles. The summed E-state index contributed by atoms with van der Waals surface area (Å²) < 4.78 is 10.6. The largest absolute Gasteiger partial charge is 0.497 e. The maximum Gasteiger partial charge on any atom is 0.132 e. The lowest BCUT2D eigenvalue weighted by atomic mass is 10.0. The molecule has 0 aliphatic carbocycles. The van der Waals surface area contributed by atoms with Crippen molar-refractivity contribution >= 4 is 11.8 Å². The minimum atomic E-state index is -1.30. The molecule has 5 atom stereocenters. The zero-order valence-corrected chi connectivity index (χ0v) is 14.6. The van der Waals surface area contributed by atoms with Gasteiger partial charge in [0.1, 0.15) is 35.6 Å². The van der Waals surface area contributed by atoms with E-state index in [9.17, 15) is 15.3 Å². The van der Waals surface area contributed by atoms with Gasteiger partial charge in [-0.15, -0.1) is 11.8 Å². The van der Waals surface area contributed by atoms with Crippen molar-refractivity contribution in [1.82, 2.24) is 0 Å². The van der Waals surface area contributed by atoms with Gasteiger partial charge in [-0.1, -0.05) is 12.1 Å². The summed E-state index contributed by atoms with van der Waals surface area (Å²) in [4.78, 5) is 0. The van der Waals surface area contributed by atoms with Crippen molar-refractivity contribution in [3.63, 3.8) is 0 Å². The van der Waals surface area contributed by atoms with E-state index >= 15 is 0 Å². The van der Waals surface area contributed by atoms with E-state index in [4.69, 9.17) is 14.6 Å². The highest BCUT2D eigenvalue weighted by molar-refractivity contribution is 7.99. The van der Waals surface area contributed by atoms with Crippen LogP contribution in [0.4, 0.5) is 0 Å². The first kappa shape index (κ1) is 19.5. The number of aryl methyl sites for hydroxylation is 1. The zero-order valence-electron chi connectivity index (χ0n) is 13.7. The molecule has 4 N–H and O–H groups in total. The molecule has 7 heteroatoms. The smallest absolute Gasteiger partial charge is 0.132 e. The summed E-state index contributed by atoms with van der Waals surface area (Å²) in [6.07, 6.45) is -1.69. The molecule has 5 unspecified atom stereocenters. The van der Waals surface area contributed by atoms with Crippen LogP contribution in [-0.2, 0) is 11.2 Å². The van der Waals surface area contributed by atoms with E-state index in [0.717, 1.165) is 30.8 Å². The normalized spacial score (nSPS) is 30.3. The van der Waals surface area contributed by atoms with E-state index in [0.29, 0.717) is 0 Å². The summed E-state index contributed by atoms with van der Waals surface area (Å²) in [6, 6.07) is 7.98. The van der Waals surface area contributed by atoms with Gasteiger partial charge < -0.3 is 29.9 Å². The van der Waals surface area contributed by atoms with Crippen molar-refractivity contribution in [1.29, 1.82) is 0 Å². The third-order valence-electron chi connectivity index (χ3n) is 4.15. The number of benzene rings is 1. The molecule has 0 bridgehead atoms. The molecule has 1 aliphatic heterocycles. The van der Waals surface area contributed by atoms with Crippen molar-refractivity contribution in [3.8, 4) is 5.75 Å². The molecule has 0 amide bonds. The van der Waals surface area contributed by atoms with Crippen LogP contribution in [0.1, 0.15) is 18.4 Å². The van der Waals surface area contributed by atoms with E-state index in [1.807, 2.05) is 24.3 Å². The first-order valence-electron chi connectivity index (χ1n) is 8.12. The van der Waals surface area contributed by atoms with Crippen LogP contribution in [0.5, 0.6) is 5.75 Å². The fourth-order valence-electron chi connectivity index (χ4n) is 2.63. The number of hydrogen-bond donors (Lipinski definition) is 4. The van der Waals surface area contributed by atoms with E-state index in [1.54, 1.807) is 7.11 Å². The van der Waals surface area contributed by atoms with Crippen molar-refractivity contribution in [2.75, 3.05) is 19.5 Å². The number of aliphatic hydroxyl groups is 4. The van der Waals surface area contributed by atoms with Crippen LogP contribution < -0.4 is 4.74 Å². The number of aliphatic hydroxyl groups excluding tert-OH is 4. The molecule has 1 fully saturated rings. The van der Waals surface area contributed by atoms with Crippen LogP contribution >= 0.6 is 11.8 Å². The third kappa shape index (κ3) is 5.08. The Balaban J connectivity index is 1.69. The Hall–Kier alpha value is -0.830. The predicted octanol–water partition coefficient (Wildman–Crippen LogP) is 0.551. The standard InChI is InChI=1S/C17H26O6S/c1-22-12-7-5-11(6-8-12)4-2-3-9-24-17-16(21)15(20)14(19)13(10-18)23-17/h5-8,13-21H,2-4,9-10H2,1H3. The van der Waals surface area contributed by atoms with Crippen LogP contribution in [0.25, 0.3) is 0 Å². The Morgan fingerprint density at radius 2 is 1.75 bits per heavy atom. The van der Waals surface area contributed by atoms with E-state index in [-0.39, 0.29) is 6.61 Å². The maximum atomic E-state index is 9.96. The summed E-state index contributed by atoms with van der Waals surface area (Å²) in [6.45, 7) is -0.389. The molecule has 0 spiro atoms. The van der Waals surface area contributed by atoms with E-state index < -0.39 is 29.9 Å². The first-order valence-corrected chi connectivity index (χ1v) is 9.16. The van der Waals surface area contributed by atoms with Gasteiger partial charge in [0.15, 0.2) is 0 Å². The fourth-order valence-corrected chi connectivity index (χ4v) is 3.81. The van der Waals surface area contributed by atoms with Crippen LogP contribution in [0.3, 0.4) is 0 Å². The van der Waals surface area contributed by atoms with Crippen LogP contribution in [0.15, 0.2) is 24.3 Å². The van der Waals surface area contributed by atoms with Crippen molar-refractivity contribution < 1.29 is 29.9 Å². The number of ether oxygens (including phenoxy) is 2. The molecule has 6 nitrogen and oxygen atoms in total. The number of hydrogen-bond acceptors (Lipinski definition) is 7. The lowest BCUT2D eigenvalue weighted by Crippen LogP contribution is -2.57. The highest BCUT2D eigenvalue weighted by atomic mass is 32.2. The van der Waals surface area contributed by atoms with Crippen molar-refractivity contribution in [2.45, 2.75) is 49.1 Å². The Kier molecular flexibility index (Phi) is 7.80. The topological polar surface area (TPSA) is 99.4 Å². The fraction of sp³-hybridized carbons (Fsp3) is 0.647. The lowest BCUT2D eigenvalue weighted by molar-refractivity contribution is -0.205. The predicted molar refractivity (Wildman–Crippen MR) is 92.2 cm³/mol.